The summed E-state index contributed by atoms with van der Waals surface area (Å²) in [5.41, 5.74) is 0.237. The maximum Gasteiger partial charge on any atom is 0.335 e. The lowest BCUT2D eigenvalue weighted by atomic mass is 9.98. The number of halogens is 1. The van der Waals surface area contributed by atoms with Gasteiger partial charge in [0.15, 0.2) is 0 Å². The van der Waals surface area contributed by atoms with Crippen LogP contribution in [0.3, 0.4) is 0 Å². The normalized spacial score (nSPS) is 12.3. The van der Waals surface area contributed by atoms with E-state index in [1.165, 1.54) is 6.33 Å². The Morgan fingerprint density at radius 2 is 1.95 bits per heavy atom. The van der Waals surface area contributed by atoms with Crippen LogP contribution in [0.5, 0.6) is 6.01 Å². The van der Waals surface area contributed by atoms with Crippen molar-refractivity contribution in [2.75, 3.05) is 12.4 Å². The van der Waals surface area contributed by atoms with Gasteiger partial charge in [-0.1, -0.05) is 32.0 Å². The van der Waals surface area contributed by atoms with Crippen molar-refractivity contribution < 1.29 is 13.2 Å². The van der Waals surface area contributed by atoms with Crippen LogP contribution >= 0.6 is 10.7 Å². The Balaban J connectivity index is 2.00. The topological polar surface area (TPSA) is 74.1 Å². The smallest absolute Gasteiger partial charge is 0.335 e. The van der Waals surface area contributed by atoms with E-state index >= 15 is 0 Å². The van der Waals surface area contributed by atoms with Gasteiger partial charge in [0.05, 0.1) is 18.0 Å². The van der Waals surface area contributed by atoms with Crippen LogP contribution in [0.1, 0.15) is 13.8 Å². The number of para-hydroxylation sites is 1. The zero-order valence-corrected chi connectivity index (χ0v) is 13.3. The number of aromatic nitrogens is 3. The fraction of sp³-hybridized carbons (Fsp3) is 0.385. The van der Waals surface area contributed by atoms with Gasteiger partial charge >= 0.3 is 6.01 Å². The van der Waals surface area contributed by atoms with Gasteiger partial charge in [-0.25, -0.2) is 13.1 Å². The maximum absolute atomic E-state index is 11.1. The molecule has 0 saturated heterocycles. The Labute approximate surface area is 128 Å². The quantitative estimate of drug-likeness (QED) is 0.760. The first-order valence-electron chi connectivity index (χ1n) is 6.27. The third-order valence-electron chi connectivity index (χ3n) is 2.65. The lowest BCUT2D eigenvalue weighted by Crippen LogP contribution is -2.28. The molecule has 0 aliphatic carbocycles. The molecule has 1 aromatic heterocycles. The second kappa shape index (κ2) is 6.03. The lowest BCUT2D eigenvalue weighted by molar-refractivity contribution is 0.187. The molecule has 0 radical (unpaired) electrons. The first kappa shape index (κ1) is 15.8. The maximum atomic E-state index is 11.1. The highest BCUT2D eigenvalue weighted by molar-refractivity contribution is 8.13. The summed E-state index contributed by atoms with van der Waals surface area (Å²) in [6.45, 7) is 3.65. The molecule has 0 bridgehead atoms. The van der Waals surface area contributed by atoms with Crippen molar-refractivity contribution in [3.8, 4) is 11.7 Å². The van der Waals surface area contributed by atoms with Crippen LogP contribution in [0.2, 0.25) is 0 Å². The van der Waals surface area contributed by atoms with Gasteiger partial charge in [-0.15, -0.1) is 5.10 Å². The Kier molecular flexibility index (Phi) is 4.53. The van der Waals surface area contributed by atoms with Crippen LogP contribution in [-0.2, 0) is 9.05 Å². The molecule has 0 saturated carbocycles. The van der Waals surface area contributed by atoms with E-state index in [9.17, 15) is 8.42 Å². The third kappa shape index (κ3) is 5.02. The summed E-state index contributed by atoms with van der Waals surface area (Å²) in [6, 6.07) is 9.68. The molecule has 21 heavy (non-hydrogen) atoms. The molecule has 0 aliphatic heterocycles. The predicted molar refractivity (Wildman–Crippen MR) is 80.3 cm³/mol. The summed E-state index contributed by atoms with van der Waals surface area (Å²) in [5, 5.41) is 4.18. The van der Waals surface area contributed by atoms with Gasteiger partial charge in [-0.05, 0) is 12.1 Å². The van der Waals surface area contributed by atoms with E-state index in [1.807, 2.05) is 30.3 Å². The molecule has 0 atom stereocenters. The predicted octanol–water partition coefficient (Wildman–Crippen LogP) is 2.24. The van der Waals surface area contributed by atoms with Crippen molar-refractivity contribution >= 4 is 19.7 Å². The molecule has 2 aromatic rings. The average molecular weight is 330 g/mol. The van der Waals surface area contributed by atoms with Crippen LogP contribution in [-0.4, -0.2) is 35.5 Å². The van der Waals surface area contributed by atoms with E-state index in [0.717, 1.165) is 5.69 Å². The largest absolute Gasteiger partial charge is 0.462 e. The zero-order valence-electron chi connectivity index (χ0n) is 11.7. The summed E-state index contributed by atoms with van der Waals surface area (Å²) >= 11 is 0. The summed E-state index contributed by atoms with van der Waals surface area (Å²) in [7, 11) is 1.69. The molecule has 8 heteroatoms. The number of benzene rings is 1. The monoisotopic (exact) mass is 329 g/mol. The van der Waals surface area contributed by atoms with Crippen LogP contribution in [0, 0.1) is 5.41 Å². The second-order valence-electron chi connectivity index (χ2n) is 5.44. The highest BCUT2D eigenvalue weighted by Gasteiger charge is 2.26. The van der Waals surface area contributed by atoms with E-state index in [4.69, 9.17) is 15.4 Å². The minimum atomic E-state index is -3.58. The number of ether oxygens (including phenoxy) is 1. The Bertz CT molecular complexity index is 698. The molecule has 1 heterocycles. The van der Waals surface area contributed by atoms with E-state index in [-0.39, 0.29) is 18.4 Å². The number of nitrogens with zero attached hydrogens (tertiary/aromatic N) is 3. The molecule has 0 aliphatic rings. The van der Waals surface area contributed by atoms with Gasteiger partial charge in [-0.2, -0.15) is 4.98 Å². The fourth-order valence-corrected chi connectivity index (χ4v) is 3.69. The minimum Gasteiger partial charge on any atom is -0.462 e. The molecule has 0 unspecified atom stereocenters. The molecule has 2 rings (SSSR count). The van der Waals surface area contributed by atoms with Crippen molar-refractivity contribution in [3.05, 3.63) is 36.7 Å². The summed E-state index contributed by atoms with van der Waals surface area (Å²) < 4.78 is 29.3. The molecule has 1 aromatic carbocycles. The molecule has 0 N–H and O–H groups in total. The van der Waals surface area contributed by atoms with Crippen LogP contribution < -0.4 is 4.74 Å². The molecule has 0 spiro atoms. The Morgan fingerprint density at radius 3 is 2.57 bits per heavy atom. The van der Waals surface area contributed by atoms with Gasteiger partial charge in [0.25, 0.3) is 0 Å². The highest BCUT2D eigenvalue weighted by atomic mass is 35.7. The standard InChI is InChI=1S/C13H16ClN3O3S/c1-13(2,9-21(14,18)19)8-20-12-15-10-17(16-12)11-6-4-3-5-7-11/h3-7,10H,8-9H2,1-2H3. The van der Waals surface area contributed by atoms with E-state index in [2.05, 4.69) is 10.1 Å². The molecular formula is C13H16ClN3O3S. The minimum absolute atomic E-state index is 0.151. The van der Waals surface area contributed by atoms with Gasteiger partial charge in [-0.3, -0.25) is 0 Å². The van der Waals surface area contributed by atoms with Gasteiger partial charge in [0, 0.05) is 16.1 Å². The van der Waals surface area contributed by atoms with E-state index in [0.29, 0.717) is 0 Å². The molecule has 0 fully saturated rings. The second-order valence-corrected chi connectivity index (χ2v) is 8.22. The van der Waals surface area contributed by atoms with Crippen molar-refractivity contribution in [1.29, 1.82) is 0 Å². The molecule has 0 amide bonds. The number of hydrogen-bond acceptors (Lipinski definition) is 5. The first-order valence-corrected chi connectivity index (χ1v) is 8.75. The van der Waals surface area contributed by atoms with Gasteiger partial charge < -0.3 is 4.74 Å². The molecule has 114 valence electrons. The molecular weight excluding hydrogens is 314 g/mol. The van der Waals surface area contributed by atoms with Crippen LogP contribution in [0.15, 0.2) is 36.7 Å². The average Bonchev–Trinajstić information content (AvgIpc) is 2.84. The number of rotatable bonds is 6. The van der Waals surface area contributed by atoms with Crippen LogP contribution in [0.4, 0.5) is 0 Å². The van der Waals surface area contributed by atoms with Crippen molar-refractivity contribution in [2.45, 2.75) is 13.8 Å². The highest BCUT2D eigenvalue weighted by Crippen LogP contribution is 2.21. The zero-order chi connectivity index (χ0) is 15.5. The first-order chi connectivity index (χ1) is 9.75. The summed E-state index contributed by atoms with van der Waals surface area (Å²) in [5.74, 6) is -0.180. The van der Waals surface area contributed by atoms with Gasteiger partial charge in [0.1, 0.15) is 6.33 Å². The number of hydrogen-bond donors (Lipinski definition) is 0. The lowest BCUT2D eigenvalue weighted by Gasteiger charge is -2.21. The van der Waals surface area contributed by atoms with E-state index < -0.39 is 14.5 Å². The Hall–Kier alpha value is -1.60. The fourth-order valence-electron chi connectivity index (χ4n) is 1.79. The summed E-state index contributed by atoms with van der Waals surface area (Å²) in [4.78, 5) is 4.04. The van der Waals surface area contributed by atoms with E-state index in [1.54, 1.807) is 18.5 Å². The van der Waals surface area contributed by atoms with Crippen molar-refractivity contribution in [2.24, 2.45) is 5.41 Å². The van der Waals surface area contributed by atoms with Crippen molar-refractivity contribution in [3.63, 3.8) is 0 Å². The Morgan fingerprint density at radius 1 is 1.29 bits per heavy atom. The van der Waals surface area contributed by atoms with Gasteiger partial charge in [0.2, 0.25) is 9.05 Å². The SMILES string of the molecule is CC(C)(COc1ncn(-c2ccccc2)n1)CS(=O)(=O)Cl. The third-order valence-corrected chi connectivity index (χ3v) is 4.10. The molecule has 6 nitrogen and oxygen atoms in total. The van der Waals surface area contributed by atoms with Crippen LogP contribution in [0.25, 0.3) is 5.69 Å². The van der Waals surface area contributed by atoms with Crippen molar-refractivity contribution in [1.82, 2.24) is 14.8 Å². The summed E-state index contributed by atoms with van der Waals surface area (Å²) in [6.07, 6.45) is 1.54.